The average molecular weight is 251 g/mol. The number of benzene rings is 1. The van der Waals surface area contributed by atoms with Crippen LogP contribution in [0.1, 0.15) is 44.2 Å². The summed E-state index contributed by atoms with van der Waals surface area (Å²) in [6, 6.07) is 4.97. The highest BCUT2D eigenvalue weighted by atomic mass is 19.1. The molecular weight excluding hydrogens is 229 g/mol. The summed E-state index contributed by atoms with van der Waals surface area (Å²) in [5, 5.41) is 3.44. The predicted molar refractivity (Wildman–Crippen MR) is 71.3 cm³/mol. The van der Waals surface area contributed by atoms with Crippen LogP contribution in [0, 0.1) is 11.7 Å². The lowest BCUT2D eigenvalue weighted by Crippen LogP contribution is -2.25. The molecule has 3 heteroatoms. The molecule has 0 saturated heterocycles. The van der Waals surface area contributed by atoms with E-state index < -0.39 is 0 Å². The topological polar surface area (TPSA) is 21.3 Å². The molecule has 1 saturated carbocycles. The monoisotopic (exact) mass is 251 g/mol. The van der Waals surface area contributed by atoms with Gasteiger partial charge in [-0.15, -0.1) is 0 Å². The first kappa shape index (κ1) is 13.3. The van der Waals surface area contributed by atoms with E-state index in [1.165, 1.54) is 31.7 Å². The smallest absolute Gasteiger partial charge is 0.131 e. The summed E-state index contributed by atoms with van der Waals surface area (Å²) in [5.74, 6) is 1.19. The molecule has 1 atom stereocenters. The molecule has 100 valence electrons. The molecule has 0 aromatic heterocycles. The highest BCUT2D eigenvalue weighted by molar-refractivity contribution is 5.36. The van der Waals surface area contributed by atoms with Gasteiger partial charge in [0.2, 0.25) is 0 Å². The number of ether oxygens (including phenoxy) is 1. The lowest BCUT2D eigenvalue weighted by molar-refractivity contribution is 0.386. The fourth-order valence-electron chi connectivity index (χ4n) is 2.78. The van der Waals surface area contributed by atoms with Crippen LogP contribution >= 0.6 is 0 Å². The van der Waals surface area contributed by atoms with Gasteiger partial charge in [-0.05, 0) is 44.4 Å². The predicted octanol–water partition coefficient (Wildman–Crippen LogP) is 3.68. The maximum atomic E-state index is 13.9. The minimum atomic E-state index is -0.194. The van der Waals surface area contributed by atoms with Gasteiger partial charge >= 0.3 is 0 Å². The Balaban J connectivity index is 2.01. The zero-order valence-electron chi connectivity index (χ0n) is 11.2. The maximum absolute atomic E-state index is 13.9. The third-order valence-electron chi connectivity index (χ3n) is 3.85. The Kier molecular flexibility index (Phi) is 4.59. The number of hydrogen-bond donors (Lipinski definition) is 1. The van der Waals surface area contributed by atoms with Gasteiger partial charge in [-0.3, -0.25) is 0 Å². The molecule has 1 unspecified atom stereocenters. The second kappa shape index (κ2) is 6.19. The molecule has 0 amide bonds. The molecule has 0 spiro atoms. The molecule has 2 nitrogen and oxygen atoms in total. The quantitative estimate of drug-likeness (QED) is 0.862. The second-order valence-electron chi connectivity index (χ2n) is 5.14. The average Bonchev–Trinajstić information content (AvgIpc) is 2.88. The van der Waals surface area contributed by atoms with E-state index in [2.05, 4.69) is 5.32 Å². The summed E-state index contributed by atoms with van der Waals surface area (Å²) in [4.78, 5) is 0. The van der Waals surface area contributed by atoms with Crippen molar-refractivity contribution in [3.8, 4) is 5.75 Å². The van der Waals surface area contributed by atoms with Crippen molar-refractivity contribution < 1.29 is 9.13 Å². The zero-order chi connectivity index (χ0) is 13.0. The highest BCUT2D eigenvalue weighted by Gasteiger charge is 2.19. The van der Waals surface area contributed by atoms with Crippen LogP contribution in [0.25, 0.3) is 0 Å². The van der Waals surface area contributed by atoms with E-state index in [0.717, 1.165) is 12.5 Å². The van der Waals surface area contributed by atoms with Crippen molar-refractivity contribution in [2.75, 3.05) is 13.7 Å². The third-order valence-corrected chi connectivity index (χ3v) is 3.85. The van der Waals surface area contributed by atoms with Crippen molar-refractivity contribution in [1.29, 1.82) is 0 Å². The zero-order valence-corrected chi connectivity index (χ0v) is 11.2. The number of methoxy groups -OCH3 is 1. The van der Waals surface area contributed by atoms with Crippen molar-refractivity contribution >= 4 is 0 Å². The van der Waals surface area contributed by atoms with Gasteiger partial charge in [0.05, 0.1) is 7.11 Å². The number of nitrogens with one attached hydrogen (secondary N) is 1. The van der Waals surface area contributed by atoms with Crippen molar-refractivity contribution in [1.82, 2.24) is 5.32 Å². The number of rotatable bonds is 5. The first-order valence-corrected chi connectivity index (χ1v) is 6.78. The van der Waals surface area contributed by atoms with Crippen molar-refractivity contribution in [3.63, 3.8) is 0 Å². The number of hydrogen-bond acceptors (Lipinski definition) is 2. The van der Waals surface area contributed by atoms with Gasteiger partial charge in [-0.1, -0.05) is 18.9 Å². The van der Waals surface area contributed by atoms with Gasteiger partial charge in [-0.25, -0.2) is 4.39 Å². The Morgan fingerprint density at radius 1 is 1.39 bits per heavy atom. The summed E-state index contributed by atoms with van der Waals surface area (Å²) in [6.07, 6.45) is 5.27. The maximum Gasteiger partial charge on any atom is 0.131 e. The molecule has 0 aliphatic heterocycles. The molecule has 1 aromatic carbocycles. The summed E-state index contributed by atoms with van der Waals surface area (Å²) < 4.78 is 19.1. The summed E-state index contributed by atoms with van der Waals surface area (Å²) in [6.45, 7) is 2.97. The summed E-state index contributed by atoms with van der Waals surface area (Å²) in [5.41, 5.74) is 0.637. The van der Waals surface area contributed by atoms with Gasteiger partial charge in [-0.2, -0.15) is 0 Å². The van der Waals surface area contributed by atoms with E-state index in [-0.39, 0.29) is 11.9 Å². The summed E-state index contributed by atoms with van der Waals surface area (Å²) >= 11 is 0. The Labute approximate surface area is 109 Å². The first-order valence-electron chi connectivity index (χ1n) is 6.78. The molecule has 0 heterocycles. The van der Waals surface area contributed by atoms with Crippen molar-refractivity contribution in [2.45, 2.75) is 38.6 Å². The Bertz CT molecular complexity index is 388. The largest absolute Gasteiger partial charge is 0.496 e. The van der Waals surface area contributed by atoms with E-state index in [9.17, 15) is 4.39 Å². The molecule has 1 aromatic rings. The van der Waals surface area contributed by atoms with Crippen LogP contribution in [-0.2, 0) is 0 Å². The van der Waals surface area contributed by atoms with Crippen LogP contribution in [0.15, 0.2) is 18.2 Å². The lowest BCUT2D eigenvalue weighted by atomic mass is 10.0. The molecule has 0 bridgehead atoms. The van der Waals surface area contributed by atoms with Gasteiger partial charge in [0, 0.05) is 11.6 Å². The number of halogens is 1. The van der Waals surface area contributed by atoms with Crippen molar-refractivity contribution in [3.05, 3.63) is 29.6 Å². The van der Waals surface area contributed by atoms with Crippen LogP contribution in [0.4, 0.5) is 4.39 Å². The van der Waals surface area contributed by atoms with E-state index in [1.54, 1.807) is 13.2 Å². The lowest BCUT2D eigenvalue weighted by Gasteiger charge is -2.20. The molecule has 1 aliphatic carbocycles. The van der Waals surface area contributed by atoms with Crippen LogP contribution in [-0.4, -0.2) is 13.7 Å². The van der Waals surface area contributed by atoms with E-state index >= 15 is 0 Å². The third kappa shape index (κ3) is 3.02. The molecule has 0 radical (unpaired) electrons. The summed E-state index contributed by atoms with van der Waals surface area (Å²) in [7, 11) is 1.59. The minimum Gasteiger partial charge on any atom is -0.496 e. The van der Waals surface area contributed by atoms with Crippen LogP contribution in [0.3, 0.4) is 0 Å². The molecule has 1 N–H and O–H groups in total. The first-order chi connectivity index (χ1) is 8.72. The van der Waals surface area contributed by atoms with Gasteiger partial charge in [0.1, 0.15) is 11.6 Å². The molecule has 1 fully saturated rings. The fraction of sp³-hybridized carbons (Fsp3) is 0.600. The Morgan fingerprint density at radius 2 is 2.11 bits per heavy atom. The molecule has 1 aliphatic rings. The van der Waals surface area contributed by atoms with E-state index in [4.69, 9.17) is 4.74 Å². The van der Waals surface area contributed by atoms with Gasteiger partial charge in [0.15, 0.2) is 0 Å². The molecular formula is C15H22FNO. The fourth-order valence-corrected chi connectivity index (χ4v) is 2.78. The SMILES string of the molecule is COc1cccc(F)c1C(C)NCC1CCCC1. The molecule has 2 rings (SSSR count). The van der Waals surface area contributed by atoms with Gasteiger partial charge in [0.25, 0.3) is 0 Å². The van der Waals surface area contributed by atoms with Crippen LogP contribution in [0.5, 0.6) is 5.75 Å². The minimum absolute atomic E-state index is 0.0123. The van der Waals surface area contributed by atoms with Crippen LogP contribution in [0.2, 0.25) is 0 Å². The second-order valence-corrected chi connectivity index (χ2v) is 5.14. The van der Waals surface area contributed by atoms with Gasteiger partial charge < -0.3 is 10.1 Å². The van der Waals surface area contributed by atoms with E-state index in [0.29, 0.717) is 11.3 Å². The Morgan fingerprint density at radius 3 is 2.78 bits per heavy atom. The van der Waals surface area contributed by atoms with E-state index in [1.807, 2.05) is 13.0 Å². The van der Waals surface area contributed by atoms with Crippen LogP contribution < -0.4 is 10.1 Å². The highest BCUT2D eigenvalue weighted by Crippen LogP contribution is 2.29. The van der Waals surface area contributed by atoms with Crippen molar-refractivity contribution in [2.24, 2.45) is 5.92 Å². The molecule has 18 heavy (non-hydrogen) atoms. The normalized spacial score (nSPS) is 17.9. The Hall–Kier alpha value is -1.09. The standard InChI is InChI=1S/C15H22FNO/c1-11(17-10-12-6-3-4-7-12)15-13(16)8-5-9-14(15)18-2/h5,8-9,11-12,17H,3-4,6-7,10H2,1-2H3.